The van der Waals surface area contributed by atoms with E-state index < -0.39 is 0 Å². The predicted molar refractivity (Wildman–Crippen MR) is 73.6 cm³/mol. The Kier molecular flexibility index (Phi) is 5.46. The molecule has 1 aliphatic carbocycles. The number of nitrogens with zero attached hydrogens (tertiary/aromatic N) is 1. The van der Waals surface area contributed by atoms with Gasteiger partial charge in [-0.15, -0.1) is 0 Å². The average Bonchev–Trinajstić information content (AvgIpc) is 2.46. The number of aliphatic hydroxyl groups excluding tert-OH is 1. The molecular weight excluding hydrogens is 226 g/mol. The molecule has 0 radical (unpaired) electrons. The van der Waals surface area contributed by atoms with Gasteiger partial charge < -0.3 is 9.84 Å². The van der Waals surface area contributed by atoms with E-state index in [4.69, 9.17) is 4.74 Å². The first-order valence-electron chi connectivity index (χ1n) is 7.78. The van der Waals surface area contributed by atoms with Gasteiger partial charge in [-0.05, 0) is 24.8 Å². The van der Waals surface area contributed by atoms with E-state index >= 15 is 0 Å². The summed E-state index contributed by atoms with van der Waals surface area (Å²) in [6, 6.07) is 0. The second kappa shape index (κ2) is 6.88. The highest BCUT2D eigenvalue weighted by atomic mass is 16.5. The molecule has 2 aliphatic rings. The maximum Gasteiger partial charge on any atom is 0.0963 e. The first-order valence-corrected chi connectivity index (χ1v) is 7.78. The van der Waals surface area contributed by atoms with Crippen LogP contribution < -0.4 is 0 Å². The van der Waals surface area contributed by atoms with Gasteiger partial charge >= 0.3 is 0 Å². The molecule has 0 aromatic carbocycles. The molecule has 1 heterocycles. The predicted octanol–water partition coefficient (Wildman–Crippen LogP) is 2.28. The van der Waals surface area contributed by atoms with Crippen molar-refractivity contribution in [2.75, 3.05) is 26.2 Å². The van der Waals surface area contributed by atoms with Crippen LogP contribution in [0.3, 0.4) is 0 Å². The number of morpholine rings is 1. The molecule has 3 heteroatoms. The third-order valence-corrected chi connectivity index (χ3v) is 4.94. The van der Waals surface area contributed by atoms with Crippen molar-refractivity contribution < 1.29 is 9.84 Å². The summed E-state index contributed by atoms with van der Waals surface area (Å²) >= 11 is 0. The maximum atomic E-state index is 10.7. The van der Waals surface area contributed by atoms with Crippen LogP contribution in [0.15, 0.2) is 0 Å². The van der Waals surface area contributed by atoms with Gasteiger partial charge in [0.15, 0.2) is 0 Å². The Morgan fingerprint density at radius 3 is 2.78 bits per heavy atom. The van der Waals surface area contributed by atoms with Crippen molar-refractivity contribution in [3.05, 3.63) is 0 Å². The molecule has 4 unspecified atom stereocenters. The number of hydrogen-bond donors (Lipinski definition) is 1. The molecule has 3 nitrogen and oxygen atoms in total. The summed E-state index contributed by atoms with van der Waals surface area (Å²) in [5.41, 5.74) is 0. The molecule has 2 rings (SSSR count). The molecule has 0 bridgehead atoms. The Bertz CT molecular complexity index is 247. The lowest BCUT2D eigenvalue weighted by molar-refractivity contribution is -0.117. The second-order valence-electron chi connectivity index (χ2n) is 5.91. The van der Waals surface area contributed by atoms with Gasteiger partial charge in [-0.25, -0.2) is 0 Å². The van der Waals surface area contributed by atoms with E-state index in [0.717, 1.165) is 26.2 Å². The first kappa shape index (κ1) is 14.3. The molecule has 1 aliphatic heterocycles. The summed E-state index contributed by atoms with van der Waals surface area (Å²) in [4.78, 5) is 2.39. The number of aliphatic hydroxyl groups is 1. The number of hydrogen-bond acceptors (Lipinski definition) is 3. The standard InChI is InChI=1S/C15H29NO2/c1-3-12-7-5-6-8-13(12)15(17)14-11-16(4-2)9-10-18-14/h12-15,17H,3-11H2,1-2H3. The summed E-state index contributed by atoms with van der Waals surface area (Å²) in [5.74, 6) is 1.17. The van der Waals surface area contributed by atoms with Crippen molar-refractivity contribution in [1.82, 2.24) is 4.90 Å². The summed E-state index contributed by atoms with van der Waals surface area (Å²) in [6.45, 7) is 8.21. The largest absolute Gasteiger partial charge is 0.390 e. The van der Waals surface area contributed by atoms with Crippen LogP contribution >= 0.6 is 0 Å². The minimum absolute atomic E-state index is 0.0378. The fourth-order valence-corrected chi connectivity index (χ4v) is 3.69. The summed E-state index contributed by atoms with van der Waals surface area (Å²) in [5, 5.41) is 10.7. The first-order chi connectivity index (χ1) is 8.76. The van der Waals surface area contributed by atoms with Gasteiger partial charge in [-0.1, -0.05) is 39.5 Å². The molecule has 0 spiro atoms. The lowest BCUT2D eigenvalue weighted by Crippen LogP contribution is -2.51. The molecule has 1 N–H and O–H groups in total. The van der Waals surface area contributed by atoms with E-state index in [-0.39, 0.29) is 12.2 Å². The van der Waals surface area contributed by atoms with Crippen LogP contribution in [0.1, 0.15) is 46.0 Å². The zero-order chi connectivity index (χ0) is 13.0. The van der Waals surface area contributed by atoms with E-state index in [1.165, 1.54) is 32.1 Å². The minimum atomic E-state index is -0.260. The molecule has 18 heavy (non-hydrogen) atoms. The summed E-state index contributed by atoms with van der Waals surface area (Å²) < 4.78 is 5.83. The zero-order valence-corrected chi connectivity index (χ0v) is 12.0. The topological polar surface area (TPSA) is 32.7 Å². The van der Waals surface area contributed by atoms with Gasteiger partial charge in [0.25, 0.3) is 0 Å². The van der Waals surface area contributed by atoms with Gasteiger partial charge in [0.1, 0.15) is 0 Å². The number of likely N-dealkylation sites (N-methyl/N-ethyl adjacent to an activating group) is 1. The highest BCUT2D eigenvalue weighted by Gasteiger charge is 2.36. The molecule has 1 saturated heterocycles. The molecule has 2 fully saturated rings. The van der Waals surface area contributed by atoms with Crippen molar-refractivity contribution in [1.29, 1.82) is 0 Å². The molecule has 1 saturated carbocycles. The molecular formula is C15H29NO2. The molecule has 4 atom stereocenters. The van der Waals surface area contributed by atoms with E-state index in [0.29, 0.717) is 11.8 Å². The van der Waals surface area contributed by atoms with E-state index in [1.54, 1.807) is 0 Å². The average molecular weight is 255 g/mol. The summed E-state index contributed by atoms with van der Waals surface area (Å²) in [6.07, 6.45) is 6.08. The van der Waals surface area contributed by atoms with Crippen LogP contribution in [0.25, 0.3) is 0 Å². The second-order valence-corrected chi connectivity index (χ2v) is 5.91. The fourth-order valence-electron chi connectivity index (χ4n) is 3.69. The van der Waals surface area contributed by atoms with Gasteiger partial charge in [-0.3, -0.25) is 4.90 Å². The Morgan fingerprint density at radius 1 is 1.28 bits per heavy atom. The smallest absolute Gasteiger partial charge is 0.0963 e. The van der Waals surface area contributed by atoms with Gasteiger partial charge in [-0.2, -0.15) is 0 Å². The highest BCUT2D eigenvalue weighted by Crippen LogP contribution is 2.36. The van der Waals surface area contributed by atoms with Crippen molar-refractivity contribution in [3.8, 4) is 0 Å². The van der Waals surface area contributed by atoms with Gasteiger partial charge in [0, 0.05) is 13.1 Å². The molecule has 106 valence electrons. The van der Waals surface area contributed by atoms with Gasteiger partial charge in [0.2, 0.25) is 0 Å². The minimum Gasteiger partial charge on any atom is -0.390 e. The molecule has 0 aromatic rings. The van der Waals surface area contributed by atoms with Crippen molar-refractivity contribution in [2.45, 2.75) is 58.2 Å². The van der Waals surface area contributed by atoms with E-state index in [9.17, 15) is 5.11 Å². The van der Waals surface area contributed by atoms with Crippen molar-refractivity contribution >= 4 is 0 Å². The van der Waals surface area contributed by atoms with E-state index in [2.05, 4.69) is 18.7 Å². The normalized spacial score (nSPS) is 36.5. The maximum absolute atomic E-state index is 10.7. The van der Waals surface area contributed by atoms with Crippen LogP contribution in [0.5, 0.6) is 0 Å². The Hall–Kier alpha value is -0.120. The number of rotatable bonds is 4. The van der Waals surface area contributed by atoms with Crippen LogP contribution in [0, 0.1) is 11.8 Å². The Balaban J connectivity index is 1.93. The number of ether oxygens (including phenoxy) is 1. The Morgan fingerprint density at radius 2 is 2.06 bits per heavy atom. The van der Waals surface area contributed by atoms with Crippen molar-refractivity contribution in [3.63, 3.8) is 0 Å². The summed E-state index contributed by atoms with van der Waals surface area (Å²) in [7, 11) is 0. The van der Waals surface area contributed by atoms with E-state index in [1.807, 2.05) is 0 Å². The quantitative estimate of drug-likeness (QED) is 0.836. The third kappa shape index (κ3) is 3.25. The lowest BCUT2D eigenvalue weighted by Gasteiger charge is -2.41. The fraction of sp³-hybridized carbons (Fsp3) is 1.00. The van der Waals surface area contributed by atoms with Crippen LogP contribution in [-0.2, 0) is 4.74 Å². The lowest BCUT2D eigenvalue weighted by atomic mass is 9.73. The molecule has 0 amide bonds. The highest BCUT2D eigenvalue weighted by molar-refractivity contribution is 4.87. The molecule has 0 aromatic heterocycles. The Labute approximate surface area is 112 Å². The monoisotopic (exact) mass is 255 g/mol. The van der Waals surface area contributed by atoms with Crippen molar-refractivity contribution in [2.24, 2.45) is 11.8 Å². The van der Waals surface area contributed by atoms with Crippen LogP contribution in [-0.4, -0.2) is 48.5 Å². The zero-order valence-electron chi connectivity index (χ0n) is 12.0. The van der Waals surface area contributed by atoms with Crippen LogP contribution in [0.4, 0.5) is 0 Å². The van der Waals surface area contributed by atoms with Crippen LogP contribution in [0.2, 0.25) is 0 Å². The SMILES string of the molecule is CCC1CCCCC1C(O)C1CN(CC)CCO1. The third-order valence-electron chi connectivity index (χ3n) is 4.94. The van der Waals surface area contributed by atoms with Gasteiger partial charge in [0.05, 0.1) is 18.8 Å².